The van der Waals surface area contributed by atoms with Gasteiger partial charge in [-0.1, -0.05) is 53.1 Å². The molecule has 1 amide bonds. The molecule has 188 valence electrons. The Kier molecular flexibility index (Phi) is 7.93. The van der Waals surface area contributed by atoms with Crippen molar-refractivity contribution in [3.63, 3.8) is 0 Å². The molecule has 0 radical (unpaired) electrons. The molecule has 34 heavy (non-hydrogen) atoms. The maximum Gasteiger partial charge on any atom is 0.283 e. The van der Waals surface area contributed by atoms with Gasteiger partial charge in [-0.2, -0.15) is 4.99 Å². The lowest BCUT2D eigenvalue weighted by molar-refractivity contribution is 0.0442. The van der Waals surface area contributed by atoms with Gasteiger partial charge in [0.1, 0.15) is 5.75 Å². The molecule has 5 nitrogen and oxygen atoms in total. The predicted molar refractivity (Wildman–Crippen MR) is 144 cm³/mol. The summed E-state index contributed by atoms with van der Waals surface area (Å²) in [5.74, 6) is 0.650. The first-order valence-electron chi connectivity index (χ1n) is 11.9. The Morgan fingerprint density at radius 2 is 1.85 bits per heavy atom. The van der Waals surface area contributed by atoms with Gasteiger partial charge in [-0.3, -0.25) is 4.79 Å². The van der Waals surface area contributed by atoms with Crippen LogP contribution in [-0.4, -0.2) is 32.0 Å². The van der Waals surface area contributed by atoms with Crippen LogP contribution >= 0.6 is 22.9 Å². The minimum atomic E-state index is -1.75. The largest absolute Gasteiger partial charge is 0.496 e. The molecule has 3 rings (SSSR count). The zero-order valence-corrected chi connectivity index (χ0v) is 24.6. The molecule has 8 heteroatoms. The first-order valence-corrected chi connectivity index (χ1v) is 16.0. The van der Waals surface area contributed by atoms with Gasteiger partial charge in [-0.05, 0) is 60.5 Å². The van der Waals surface area contributed by atoms with Crippen LogP contribution in [0.1, 0.15) is 69.6 Å². The Morgan fingerprint density at radius 1 is 1.21 bits per heavy atom. The smallest absolute Gasteiger partial charge is 0.283 e. The third-order valence-electron chi connectivity index (χ3n) is 6.96. The van der Waals surface area contributed by atoms with Crippen LogP contribution in [0.25, 0.3) is 0 Å². The highest BCUT2D eigenvalue weighted by Crippen LogP contribution is 2.42. The SMILES string of the molecule is COc1ccc(Cl)cc1C(=O)N=c1sc(C(C)(C)C)cn1C[C@H]1C[C@@H](O[Si](C)(C)C(C)(C)C)C1. The van der Waals surface area contributed by atoms with E-state index >= 15 is 0 Å². The van der Waals surface area contributed by atoms with Crippen LogP contribution in [0.15, 0.2) is 29.4 Å². The number of thiazole rings is 1. The zero-order chi connectivity index (χ0) is 25.5. The van der Waals surface area contributed by atoms with E-state index in [2.05, 4.69) is 70.4 Å². The number of carbonyl (C=O) groups excluding carboxylic acids is 1. The highest BCUT2D eigenvalue weighted by atomic mass is 35.5. The summed E-state index contributed by atoms with van der Waals surface area (Å²) in [6, 6.07) is 5.02. The average molecular weight is 523 g/mol. The predicted octanol–water partition coefficient (Wildman–Crippen LogP) is 7.05. The van der Waals surface area contributed by atoms with E-state index in [-0.39, 0.29) is 16.4 Å². The Morgan fingerprint density at radius 3 is 2.41 bits per heavy atom. The molecule has 1 aromatic heterocycles. The van der Waals surface area contributed by atoms with Gasteiger partial charge in [0.05, 0.1) is 12.7 Å². The molecule has 0 saturated heterocycles. The van der Waals surface area contributed by atoms with E-state index in [1.807, 2.05) is 0 Å². The minimum Gasteiger partial charge on any atom is -0.496 e. The van der Waals surface area contributed by atoms with Gasteiger partial charge in [0, 0.05) is 28.7 Å². The fourth-order valence-electron chi connectivity index (χ4n) is 3.73. The normalized spacial score (nSPS) is 19.8. The molecule has 0 unspecified atom stereocenters. The van der Waals surface area contributed by atoms with Gasteiger partial charge in [0.25, 0.3) is 5.91 Å². The molecule has 0 spiro atoms. The lowest BCUT2D eigenvalue weighted by atomic mass is 9.82. The molecule has 2 aromatic rings. The number of rotatable bonds is 6. The second-order valence-corrected chi connectivity index (χ2v) is 18.1. The topological polar surface area (TPSA) is 52.8 Å². The Bertz CT molecular complexity index is 1100. The number of ether oxygens (including phenoxy) is 1. The molecule has 1 fully saturated rings. The molecule has 0 aliphatic heterocycles. The minimum absolute atomic E-state index is 0.0232. The number of halogens is 1. The summed E-state index contributed by atoms with van der Waals surface area (Å²) in [5, 5.41) is 0.700. The summed E-state index contributed by atoms with van der Waals surface area (Å²) in [6.07, 6.45) is 4.60. The number of nitrogens with zero attached hydrogens (tertiary/aromatic N) is 2. The van der Waals surface area contributed by atoms with Crippen molar-refractivity contribution < 1.29 is 14.0 Å². The lowest BCUT2D eigenvalue weighted by Crippen LogP contribution is -2.48. The molecule has 1 saturated carbocycles. The summed E-state index contributed by atoms with van der Waals surface area (Å²) < 4.78 is 14.1. The number of hydrogen-bond acceptors (Lipinski definition) is 4. The Labute approximate surface area is 214 Å². The number of benzene rings is 1. The first kappa shape index (κ1) is 27.2. The van der Waals surface area contributed by atoms with Gasteiger partial charge < -0.3 is 13.7 Å². The second-order valence-electron chi connectivity index (χ2n) is 11.9. The first-order chi connectivity index (χ1) is 15.6. The van der Waals surface area contributed by atoms with Crippen molar-refractivity contribution in [1.29, 1.82) is 0 Å². The molecular formula is C26H39ClN2O3SSi. The van der Waals surface area contributed by atoms with Crippen molar-refractivity contribution in [1.82, 2.24) is 4.57 Å². The number of aromatic nitrogens is 1. The molecule has 1 aliphatic carbocycles. The van der Waals surface area contributed by atoms with Crippen LogP contribution in [0.2, 0.25) is 23.2 Å². The van der Waals surface area contributed by atoms with Gasteiger partial charge in [0.15, 0.2) is 13.1 Å². The molecule has 0 atom stereocenters. The monoisotopic (exact) mass is 522 g/mol. The van der Waals surface area contributed by atoms with Crippen molar-refractivity contribution in [2.75, 3.05) is 7.11 Å². The molecule has 1 aliphatic rings. The fraction of sp³-hybridized carbons (Fsp3) is 0.615. The second kappa shape index (κ2) is 9.92. The molecular weight excluding hydrogens is 484 g/mol. The lowest BCUT2D eigenvalue weighted by Gasteiger charge is -2.45. The van der Waals surface area contributed by atoms with Gasteiger partial charge in [-0.25, -0.2) is 0 Å². The summed E-state index contributed by atoms with van der Waals surface area (Å²) in [5.41, 5.74) is 0.351. The van der Waals surface area contributed by atoms with E-state index in [4.69, 9.17) is 20.8 Å². The van der Waals surface area contributed by atoms with Crippen LogP contribution in [0, 0.1) is 5.92 Å². The van der Waals surface area contributed by atoms with Crippen molar-refractivity contribution in [3.8, 4) is 5.75 Å². The van der Waals surface area contributed by atoms with Crippen LogP contribution in [0.5, 0.6) is 5.75 Å². The summed E-state index contributed by atoms with van der Waals surface area (Å²) in [7, 11) is -0.211. The van der Waals surface area contributed by atoms with Crippen molar-refractivity contribution in [3.05, 3.63) is 44.7 Å². The van der Waals surface area contributed by atoms with Crippen LogP contribution in [0.3, 0.4) is 0 Å². The summed E-state index contributed by atoms with van der Waals surface area (Å²) in [4.78, 5) is 19.5. The number of carbonyl (C=O) groups is 1. The summed E-state index contributed by atoms with van der Waals surface area (Å²) >= 11 is 7.71. The van der Waals surface area contributed by atoms with Gasteiger partial charge in [-0.15, -0.1) is 11.3 Å². The van der Waals surface area contributed by atoms with Crippen LogP contribution < -0.4 is 9.54 Å². The molecule has 1 heterocycles. The fourth-order valence-corrected chi connectivity index (χ4v) is 6.34. The highest BCUT2D eigenvalue weighted by molar-refractivity contribution is 7.09. The summed E-state index contributed by atoms with van der Waals surface area (Å²) in [6.45, 7) is 18.9. The molecule has 0 N–H and O–H groups in total. The molecule has 1 aromatic carbocycles. The van der Waals surface area contributed by atoms with Crippen LogP contribution in [0.4, 0.5) is 0 Å². The molecule has 0 bridgehead atoms. The maximum absolute atomic E-state index is 13.1. The van der Waals surface area contributed by atoms with E-state index < -0.39 is 8.32 Å². The Balaban J connectivity index is 1.82. The third-order valence-corrected chi connectivity index (χ3v) is 13.2. The average Bonchev–Trinajstić information content (AvgIpc) is 3.08. The number of methoxy groups -OCH3 is 1. The number of amides is 1. The highest BCUT2D eigenvalue weighted by Gasteiger charge is 2.42. The van der Waals surface area contributed by atoms with Crippen LogP contribution in [-0.2, 0) is 16.4 Å². The van der Waals surface area contributed by atoms with Gasteiger partial charge >= 0.3 is 0 Å². The Hall–Kier alpha value is -1.41. The number of hydrogen-bond donors (Lipinski definition) is 0. The maximum atomic E-state index is 13.1. The van der Waals surface area contributed by atoms with Crippen molar-refractivity contribution in [2.45, 2.75) is 90.6 Å². The zero-order valence-electron chi connectivity index (χ0n) is 22.0. The standard InChI is InChI=1S/C26H39ClN2O3SSi/c1-25(2,3)22-16-29(15-17-12-19(13-17)32-34(8,9)26(4,5)6)24(33-22)28-23(30)20-14-18(27)10-11-21(20)31-7/h10-11,14,16-17,19H,12-13,15H2,1-9H3/t17-,19+. The van der Waals surface area contributed by atoms with E-state index in [0.717, 1.165) is 19.4 Å². The van der Waals surface area contributed by atoms with E-state index in [9.17, 15) is 4.79 Å². The van der Waals surface area contributed by atoms with Crippen molar-refractivity contribution in [2.24, 2.45) is 10.9 Å². The van der Waals surface area contributed by atoms with E-state index in [1.165, 1.54) is 4.88 Å². The van der Waals surface area contributed by atoms with Gasteiger partial charge in [0.2, 0.25) is 0 Å². The van der Waals surface area contributed by atoms with E-state index in [1.54, 1.807) is 36.6 Å². The third kappa shape index (κ3) is 6.22. The van der Waals surface area contributed by atoms with E-state index in [0.29, 0.717) is 33.2 Å². The van der Waals surface area contributed by atoms with Crippen molar-refractivity contribution >= 4 is 37.2 Å². The quantitative estimate of drug-likeness (QED) is 0.382.